The van der Waals surface area contributed by atoms with Gasteiger partial charge in [-0.2, -0.15) is 0 Å². The number of aliphatic hydroxyl groups is 1. The van der Waals surface area contributed by atoms with Crippen LogP contribution in [0.5, 0.6) is 0 Å². The minimum absolute atomic E-state index is 0.103. The molecule has 23 heavy (non-hydrogen) atoms. The van der Waals surface area contributed by atoms with E-state index >= 15 is 0 Å². The Kier molecular flexibility index (Phi) is 6.86. The van der Waals surface area contributed by atoms with E-state index in [0.717, 1.165) is 32.5 Å². The summed E-state index contributed by atoms with van der Waals surface area (Å²) in [6.45, 7) is 6.00. The molecule has 2 N–H and O–H groups in total. The Labute approximate surface area is 139 Å². The molecule has 2 atom stereocenters. The second kappa shape index (κ2) is 8.89. The normalized spacial score (nSPS) is 19.5. The van der Waals surface area contributed by atoms with Gasteiger partial charge in [-0.15, -0.1) is 0 Å². The van der Waals surface area contributed by atoms with Gasteiger partial charge < -0.3 is 20.2 Å². The lowest BCUT2D eigenvalue weighted by Gasteiger charge is -2.21. The number of hydrogen-bond donors (Lipinski definition) is 2. The van der Waals surface area contributed by atoms with Crippen molar-refractivity contribution in [2.75, 3.05) is 39.8 Å². The Bertz CT molecular complexity index is 478. The number of hydrogen-bond acceptors (Lipinski definition) is 3. The topological polar surface area (TPSA) is 55.8 Å². The molecule has 1 fully saturated rings. The van der Waals surface area contributed by atoms with Crippen LogP contribution in [0.25, 0.3) is 0 Å². The first kappa shape index (κ1) is 17.8. The fourth-order valence-corrected chi connectivity index (χ4v) is 3.06. The maximum Gasteiger partial charge on any atom is 0.317 e. The number of benzene rings is 1. The maximum absolute atomic E-state index is 11.9. The number of nitrogens with one attached hydrogen (secondary N) is 1. The lowest BCUT2D eigenvalue weighted by Crippen LogP contribution is -2.42. The Morgan fingerprint density at radius 1 is 1.43 bits per heavy atom. The van der Waals surface area contributed by atoms with E-state index in [4.69, 9.17) is 0 Å². The van der Waals surface area contributed by atoms with Gasteiger partial charge in [0.2, 0.25) is 0 Å². The van der Waals surface area contributed by atoms with Crippen LogP contribution in [0.4, 0.5) is 4.79 Å². The molecular weight excluding hydrogens is 290 g/mol. The highest BCUT2D eigenvalue weighted by Gasteiger charge is 2.23. The van der Waals surface area contributed by atoms with Crippen molar-refractivity contribution >= 4 is 6.03 Å². The molecule has 0 bridgehead atoms. The highest BCUT2D eigenvalue weighted by atomic mass is 16.3. The van der Waals surface area contributed by atoms with Crippen LogP contribution < -0.4 is 5.32 Å². The SMILES string of the molecule is CC(O)CN(C)C(=O)NCC1CCN(CCc2ccccc2)C1. The largest absolute Gasteiger partial charge is 0.392 e. The average Bonchev–Trinajstić information content (AvgIpc) is 2.99. The highest BCUT2D eigenvalue weighted by Crippen LogP contribution is 2.16. The molecule has 2 amide bonds. The Morgan fingerprint density at radius 3 is 2.87 bits per heavy atom. The molecule has 0 saturated carbocycles. The second-order valence-electron chi connectivity index (χ2n) is 6.61. The Balaban J connectivity index is 1.64. The molecule has 5 heteroatoms. The zero-order valence-corrected chi connectivity index (χ0v) is 14.2. The summed E-state index contributed by atoms with van der Waals surface area (Å²) >= 11 is 0. The van der Waals surface area contributed by atoms with Crippen LogP contribution in [0, 0.1) is 5.92 Å². The number of carbonyl (C=O) groups is 1. The van der Waals surface area contributed by atoms with Gasteiger partial charge in [0.1, 0.15) is 0 Å². The summed E-state index contributed by atoms with van der Waals surface area (Å²) < 4.78 is 0. The molecule has 1 aromatic carbocycles. The molecule has 128 valence electrons. The lowest BCUT2D eigenvalue weighted by atomic mass is 10.1. The van der Waals surface area contributed by atoms with E-state index in [9.17, 15) is 9.90 Å². The number of amides is 2. The predicted octanol–water partition coefficient (Wildman–Crippen LogP) is 1.57. The average molecular weight is 319 g/mol. The molecule has 1 aliphatic rings. The fraction of sp³-hybridized carbons (Fsp3) is 0.611. The van der Waals surface area contributed by atoms with Crippen LogP contribution >= 0.6 is 0 Å². The third-order valence-corrected chi connectivity index (χ3v) is 4.36. The molecule has 1 aromatic rings. The number of rotatable bonds is 7. The van der Waals surface area contributed by atoms with Crippen molar-refractivity contribution in [3.63, 3.8) is 0 Å². The lowest BCUT2D eigenvalue weighted by molar-refractivity contribution is 0.143. The van der Waals surface area contributed by atoms with Gasteiger partial charge in [-0.05, 0) is 37.8 Å². The van der Waals surface area contributed by atoms with Crippen molar-refractivity contribution < 1.29 is 9.90 Å². The highest BCUT2D eigenvalue weighted by molar-refractivity contribution is 5.73. The summed E-state index contributed by atoms with van der Waals surface area (Å²) in [7, 11) is 1.71. The second-order valence-corrected chi connectivity index (χ2v) is 6.61. The molecular formula is C18H29N3O2. The number of likely N-dealkylation sites (N-methyl/N-ethyl adjacent to an activating group) is 1. The van der Waals surface area contributed by atoms with Gasteiger partial charge in [-0.1, -0.05) is 30.3 Å². The molecule has 0 radical (unpaired) electrons. The summed E-state index contributed by atoms with van der Waals surface area (Å²) in [4.78, 5) is 15.9. The number of nitrogens with zero attached hydrogens (tertiary/aromatic N) is 2. The van der Waals surface area contributed by atoms with E-state index in [1.54, 1.807) is 14.0 Å². The zero-order chi connectivity index (χ0) is 16.7. The smallest absolute Gasteiger partial charge is 0.317 e. The van der Waals surface area contributed by atoms with Crippen LogP contribution in [0.2, 0.25) is 0 Å². The van der Waals surface area contributed by atoms with E-state index in [-0.39, 0.29) is 6.03 Å². The molecule has 1 aliphatic heterocycles. The van der Waals surface area contributed by atoms with Crippen molar-refractivity contribution in [1.29, 1.82) is 0 Å². The number of carbonyl (C=O) groups excluding carboxylic acids is 1. The van der Waals surface area contributed by atoms with Gasteiger partial charge in [-0.25, -0.2) is 4.79 Å². The molecule has 1 saturated heterocycles. The fourth-order valence-electron chi connectivity index (χ4n) is 3.06. The molecule has 5 nitrogen and oxygen atoms in total. The van der Waals surface area contributed by atoms with Crippen molar-refractivity contribution in [2.24, 2.45) is 5.92 Å². The van der Waals surface area contributed by atoms with E-state index in [2.05, 4.69) is 34.5 Å². The first-order valence-electron chi connectivity index (χ1n) is 8.48. The quantitative estimate of drug-likeness (QED) is 0.802. The minimum Gasteiger partial charge on any atom is -0.392 e. The van der Waals surface area contributed by atoms with Crippen LogP contribution in [0.3, 0.4) is 0 Å². The number of likely N-dealkylation sites (tertiary alicyclic amines) is 1. The first-order chi connectivity index (χ1) is 11.0. The van der Waals surface area contributed by atoms with Gasteiger partial charge in [0, 0.05) is 33.2 Å². The molecule has 1 heterocycles. The van der Waals surface area contributed by atoms with E-state index < -0.39 is 6.10 Å². The standard InChI is InChI=1S/C18H29N3O2/c1-15(22)13-20(2)18(23)19-12-17-9-11-21(14-17)10-8-16-6-4-3-5-7-16/h3-7,15,17,22H,8-14H2,1-2H3,(H,19,23). The summed E-state index contributed by atoms with van der Waals surface area (Å²) in [5, 5.41) is 12.3. The molecule has 0 aromatic heterocycles. The third kappa shape index (κ3) is 6.20. The molecule has 2 unspecified atom stereocenters. The van der Waals surface area contributed by atoms with Crippen molar-refractivity contribution in [1.82, 2.24) is 15.1 Å². The van der Waals surface area contributed by atoms with Gasteiger partial charge >= 0.3 is 6.03 Å². The van der Waals surface area contributed by atoms with Crippen LogP contribution in [0.1, 0.15) is 18.9 Å². The third-order valence-electron chi connectivity index (χ3n) is 4.36. The van der Waals surface area contributed by atoms with Crippen LogP contribution in [-0.2, 0) is 6.42 Å². The minimum atomic E-state index is -0.495. The summed E-state index contributed by atoms with van der Waals surface area (Å²) in [6.07, 6.45) is 1.72. The van der Waals surface area contributed by atoms with Gasteiger partial charge in [0.25, 0.3) is 0 Å². The summed E-state index contributed by atoms with van der Waals surface area (Å²) in [5.74, 6) is 0.523. The molecule has 0 aliphatic carbocycles. The maximum atomic E-state index is 11.9. The summed E-state index contributed by atoms with van der Waals surface area (Å²) in [6, 6.07) is 10.5. The van der Waals surface area contributed by atoms with Crippen molar-refractivity contribution in [3.05, 3.63) is 35.9 Å². The predicted molar refractivity (Wildman–Crippen MR) is 92.4 cm³/mol. The van der Waals surface area contributed by atoms with Gasteiger partial charge in [-0.3, -0.25) is 0 Å². The van der Waals surface area contributed by atoms with Gasteiger partial charge in [0.05, 0.1) is 6.10 Å². The molecule has 0 spiro atoms. The zero-order valence-electron chi connectivity index (χ0n) is 14.2. The number of urea groups is 1. The Morgan fingerprint density at radius 2 is 2.17 bits per heavy atom. The van der Waals surface area contributed by atoms with E-state index in [1.165, 1.54) is 10.5 Å². The first-order valence-corrected chi connectivity index (χ1v) is 8.48. The van der Waals surface area contributed by atoms with Crippen molar-refractivity contribution in [3.8, 4) is 0 Å². The van der Waals surface area contributed by atoms with Crippen LogP contribution in [0.15, 0.2) is 30.3 Å². The van der Waals surface area contributed by atoms with Gasteiger partial charge in [0.15, 0.2) is 0 Å². The Hall–Kier alpha value is -1.59. The van der Waals surface area contributed by atoms with E-state index in [1.807, 2.05) is 6.07 Å². The molecule has 2 rings (SSSR count). The van der Waals surface area contributed by atoms with Crippen molar-refractivity contribution in [2.45, 2.75) is 25.9 Å². The van der Waals surface area contributed by atoms with Crippen LogP contribution in [-0.4, -0.2) is 66.8 Å². The monoisotopic (exact) mass is 319 g/mol. The van der Waals surface area contributed by atoms with E-state index in [0.29, 0.717) is 19.0 Å². The number of aliphatic hydroxyl groups excluding tert-OH is 1. The summed E-state index contributed by atoms with van der Waals surface area (Å²) in [5.41, 5.74) is 1.38.